The van der Waals surface area contributed by atoms with Crippen molar-refractivity contribution < 1.29 is 9.50 Å². The summed E-state index contributed by atoms with van der Waals surface area (Å²) in [4.78, 5) is 4.81. The number of nitrogens with one attached hydrogen (secondary N) is 1. The standard InChI is InChI=1S/C31H37FN6O/c1-6-19-9-7-8-10-24(19)36-29(33)22-16-35-38-17-20(21-15-23(32)26(39)13-18(21)2)14-25(38)28(22)37-27-11-12-31(5,34)30(27,3)4/h7-10,13-17,27,37,39H,6,11-12,34H2,1-5H3,(H2,33,36)/t27?,31-/m0/s1. The van der Waals surface area contributed by atoms with Gasteiger partial charge in [0.2, 0.25) is 0 Å². The Morgan fingerprint density at radius 2 is 1.97 bits per heavy atom. The van der Waals surface area contributed by atoms with Crippen molar-refractivity contribution in [1.29, 1.82) is 0 Å². The highest BCUT2D eigenvalue weighted by molar-refractivity contribution is 6.06. The van der Waals surface area contributed by atoms with E-state index in [1.165, 1.54) is 12.1 Å². The van der Waals surface area contributed by atoms with Crippen LogP contribution in [0.5, 0.6) is 5.75 Å². The van der Waals surface area contributed by atoms with E-state index in [2.05, 4.69) is 38.1 Å². The fourth-order valence-corrected chi connectivity index (χ4v) is 5.59. The summed E-state index contributed by atoms with van der Waals surface area (Å²) in [5, 5.41) is 18.3. The number of nitrogens with zero attached hydrogens (tertiary/aromatic N) is 3. The molecular formula is C31H37FN6O. The van der Waals surface area contributed by atoms with E-state index in [0.29, 0.717) is 17.0 Å². The molecule has 2 aromatic heterocycles. The van der Waals surface area contributed by atoms with Gasteiger partial charge in [0.05, 0.1) is 28.7 Å². The predicted molar refractivity (Wildman–Crippen MR) is 156 cm³/mol. The smallest absolute Gasteiger partial charge is 0.165 e. The fourth-order valence-electron chi connectivity index (χ4n) is 5.59. The maximum Gasteiger partial charge on any atom is 0.165 e. The third-order valence-corrected chi connectivity index (χ3v) is 8.75. The molecule has 2 atom stereocenters. The number of hydrogen-bond acceptors (Lipinski definition) is 5. The monoisotopic (exact) mass is 528 g/mol. The van der Waals surface area contributed by atoms with Gasteiger partial charge in [0, 0.05) is 28.8 Å². The summed E-state index contributed by atoms with van der Waals surface area (Å²) in [5.41, 5.74) is 19.3. The Hall–Kier alpha value is -3.91. The average Bonchev–Trinajstić information content (AvgIpc) is 3.40. The minimum absolute atomic E-state index is 0.0828. The number of halogens is 1. The summed E-state index contributed by atoms with van der Waals surface area (Å²) in [6.07, 6.45) is 6.21. The van der Waals surface area contributed by atoms with Gasteiger partial charge in [-0.05, 0) is 74.1 Å². The summed E-state index contributed by atoms with van der Waals surface area (Å²) < 4.78 is 16.1. The molecule has 0 spiro atoms. The second-order valence-electron chi connectivity index (χ2n) is 11.5. The van der Waals surface area contributed by atoms with Crippen LogP contribution >= 0.6 is 0 Å². The Balaban J connectivity index is 1.68. The molecule has 0 amide bonds. The summed E-state index contributed by atoms with van der Waals surface area (Å²) in [7, 11) is 0. The summed E-state index contributed by atoms with van der Waals surface area (Å²) in [6.45, 7) is 10.4. The third kappa shape index (κ3) is 4.63. The van der Waals surface area contributed by atoms with Crippen LogP contribution in [0.1, 0.15) is 57.2 Å². The van der Waals surface area contributed by atoms with Crippen LogP contribution in [-0.2, 0) is 6.42 Å². The van der Waals surface area contributed by atoms with E-state index in [0.717, 1.165) is 52.8 Å². The van der Waals surface area contributed by atoms with Gasteiger partial charge in [-0.1, -0.05) is 39.0 Å². The summed E-state index contributed by atoms with van der Waals surface area (Å²) in [6, 6.07) is 12.8. The first-order valence-corrected chi connectivity index (χ1v) is 13.4. The molecule has 1 aliphatic rings. The van der Waals surface area contributed by atoms with E-state index in [9.17, 15) is 9.50 Å². The Kier molecular flexibility index (Phi) is 6.63. The van der Waals surface area contributed by atoms with Crippen molar-refractivity contribution in [3.8, 4) is 16.9 Å². The maximum absolute atomic E-state index is 14.3. The van der Waals surface area contributed by atoms with E-state index in [-0.39, 0.29) is 22.7 Å². The van der Waals surface area contributed by atoms with Crippen LogP contribution in [0.3, 0.4) is 0 Å². The number of aryl methyl sites for hydroxylation is 2. The second-order valence-corrected chi connectivity index (χ2v) is 11.5. The van der Waals surface area contributed by atoms with E-state index >= 15 is 0 Å². The zero-order chi connectivity index (χ0) is 28.1. The first-order chi connectivity index (χ1) is 18.4. The highest BCUT2D eigenvalue weighted by atomic mass is 19.1. The number of amidine groups is 1. The van der Waals surface area contributed by atoms with Crippen LogP contribution in [0.25, 0.3) is 16.6 Å². The number of aromatic nitrogens is 2. The normalized spacial score (nSPS) is 21.0. The average molecular weight is 529 g/mol. The molecule has 1 unspecified atom stereocenters. The van der Waals surface area contributed by atoms with Crippen molar-refractivity contribution in [2.75, 3.05) is 5.32 Å². The lowest BCUT2D eigenvalue weighted by atomic mass is 9.75. The number of fused-ring (bicyclic) bond motifs is 1. The third-order valence-electron chi connectivity index (χ3n) is 8.75. The number of anilines is 1. The van der Waals surface area contributed by atoms with Crippen molar-refractivity contribution in [1.82, 2.24) is 9.61 Å². The maximum atomic E-state index is 14.3. The Morgan fingerprint density at radius 1 is 1.23 bits per heavy atom. The van der Waals surface area contributed by atoms with Gasteiger partial charge >= 0.3 is 0 Å². The van der Waals surface area contributed by atoms with E-state index in [1.54, 1.807) is 10.7 Å². The van der Waals surface area contributed by atoms with Crippen molar-refractivity contribution in [2.45, 2.75) is 65.5 Å². The molecule has 0 aliphatic heterocycles. The van der Waals surface area contributed by atoms with Crippen molar-refractivity contribution in [3.05, 3.63) is 77.4 Å². The van der Waals surface area contributed by atoms with Gasteiger partial charge in [-0.25, -0.2) is 13.9 Å². The summed E-state index contributed by atoms with van der Waals surface area (Å²) in [5.74, 6) is -0.680. The molecule has 0 saturated heterocycles. The Labute approximate surface area is 228 Å². The SMILES string of the molecule is CCc1ccccc1N=C(N)c1cnn2cc(-c3cc(F)c(O)cc3C)cc2c1NC1CC[C@](C)(N)C1(C)C. The van der Waals surface area contributed by atoms with Crippen LogP contribution in [0.15, 0.2) is 59.9 Å². The van der Waals surface area contributed by atoms with Gasteiger partial charge < -0.3 is 21.9 Å². The number of benzene rings is 2. The molecule has 8 heteroatoms. The van der Waals surface area contributed by atoms with Crippen LogP contribution in [0.2, 0.25) is 0 Å². The lowest BCUT2D eigenvalue weighted by Crippen LogP contribution is -2.51. The highest BCUT2D eigenvalue weighted by Gasteiger charge is 2.49. The number of hydrogen-bond donors (Lipinski definition) is 4. The van der Waals surface area contributed by atoms with Gasteiger partial charge in [0.25, 0.3) is 0 Å². The molecule has 1 aliphatic carbocycles. The number of rotatable bonds is 6. The number of phenols is 1. The van der Waals surface area contributed by atoms with Crippen molar-refractivity contribution in [2.24, 2.45) is 21.9 Å². The molecule has 204 valence electrons. The number of nitrogens with two attached hydrogens (primary N) is 2. The molecular weight excluding hydrogens is 491 g/mol. The van der Waals surface area contributed by atoms with Gasteiger partial charge in [-0.3, -0.25) is 0 Å². The first-order valence-electron chi connectivity index (χ1n) is 13.4. The lowest BCUT2D eigenvalue weighted by Gasteiger charge is -2.39. The molecule has 1 saturated carbocycles. The minimum Gasteiger partial charge on any atom is -0.505 e. The van der Waals surface area contributed by atoms with Crippen molar-refractivity contribution in [3.63, 3.8) is 0 Å². The molecule has 0 radical (unpaired) electrons. The molecule has 5 rings (SSSR count). The highest BCUT2D eigenvalue weighted by Crippen LogP contribution is 2.46. The first kappa shape index (κ1) is 26.7. The van der Waals surface area contributed by atoms with Gasteiger partial charge in [-0.15, -0.1) is 0 Å². The summed E-state index contributed by atoms with van der Waals surface area (Å²) >= 11 is 0. The molecule has 2 aromatic carbocycles. The number of aromatic hydroxyl groups is 1. The second kappa shape index (κ2) is 9.68. The van der Waals surface area contributed by atoms with E-state index in [4.69, 9.17) is 16.5 Å². The molecule has 0 bridgehead atoms. The minimum atomic E-state index is -0.668. The zero-order valence-corrected chi connectivity index (χ0v) is 23.2. The molecule has 4 aromatic rings. The number of phenolic OH excluding ortho intramolecular Hbond substituents is 1. The van der Waals surface area contributed by atoms with E-state index in [1.807, 2.05) is 43.5 Å². The van der Waals surface area contributed by atoms with Crippen molar-refractivity contribution >= 4 is 22.7 Å². The largest absolute Gasteiger partial charge is 0.505 e. The quantitative estimate of drug-likeness (QED) is 0.179. The number of aliphatic imine (C=N–C) groups is 1. The predicted octanol–water partition coefficient (Wildman–Crippen LogP) is 6.07. The lowest BCUT2D eigenvalue weighted by molar-refractivity contribution is 0.215. The molecule has 7 nitrogen and oxygen atoms in total. The zero-order valence-electron chi connectivity index (χ0n) is 23.2. The van der Waals surface area contributed by atoms with Gasteiger partial charge in [0.15, 0.2) is 11.6 Å². The number of para-hydroxylation sites is 1. The fraction of sp³-hybridized carbons (Fsp3) is 0.355. The van der Waals surface area contributed by atoms with Gasteiger partial charge in [-0.2, -0.15) is 5.10 Å². The van der Waals surface area contributed by atoms with Crippen LogP contribution in [-0.4, -0.2) is 32.1 Å². The van der Waals surface area contributed by atoms with E-state index < -0.39 is 5.82 Å². The van der Waals surface area contributed by atoms with Crippen LogP contribution in [0, 0.1) is 18.2 Å². The molecule has 1 fully saturated rings. The van der Waals surface area contributed by atoms with Crippen LogP contribution in [0.4, 0.5) is 15.8 Å². The van der Waals surface area contributed by atoms with Gasteiger partial charge in [0.1, 0.15) is 5.84 Å². The Morgan fingerprint density at radius 3 is 2.67 bits per heavy atom. The van der Waals surface area contributed by atoms with Crippen LogP contribution < -0.4 is 16.8 Å². The molecule has 39 heavy (non-hydrogen) atoms. The molecule has 2 heterocycles. The topological polar surface area (TPSA) is 114 Å². The Bertz CT molecular complexity index is 1590. The molecule has 6 N–H and O–H groups in total.